The second kappa shape index (κ2) is 15.5. The molecular weight excluding hydrogens is 418 g/mol. The molecule has 1 rings (SSSR count). The monoisotopic (exact) mass is 461 g/mol. The zero-order valence-corrected chi connectivity index (χ0v) is 21.2. The summed E-state index contributed by atoms with van der Waals surface area (Å²) in [6, 6.07) is 8.05. The van der Waals surface area contributed by atoms with Gasteiger partial charge in [-0.3, -0.25) is 0 Å². The fraction of sp³-hybridized carbons (Fsp3) is 0.630. The number of nitrogens with zero attached hydrogens (tertiary/aromatic N) is 1. The third-order valence-electron chi connectivity index (χ3n) is 5.18. The summed E-state index contributed by atoms with van der Waals surface area (Å²) in [4.78, 5) is 26.5. The molecule has 0 saturated carbocycles. The molecule has 0 radical (unpaired) electrons. The van der Waals surface area contributed by atoms with E-state index in [9.17, 15) is 9.59 Å². The summed E-state index contributed by atoms with van der Waals surface area (Å²) in [5, 5.41) is 0. The molecule has 1 aromatic rings. The van der Waals surface area contributed by atoms with E-state index in [1.807, 2.05) is 49.9 Å². The number of methoxy groups -OCH3 is 1. The molecule has 0 aliphatic heterocycles. The zero-order valence-electron chi connectivity index (χ0n) is 21.2. The maximum absolute atomic E-state index is 12.7. The van der Waals surface area contributed by atoms with Gasteiger partial charge < -0.3 is 19.1 Å². The molecule has 0 aromatic heterocycles. The lowest BCUT2D eigenvalue weighted by atomic mass is 10.0. The van der Waals surface area contributed by atoms with Crippen LogP contribution in [0, 0.1) is 0 Å². The van der Waals surface area contributed by atoms with Gasteiger partial charge in [0.05, 0.1) is 13.7 Å². The number of hydrogen-bond acceptors (Lipinski definition) is 5. The van der Waals surface area contributed by atoms with Crippen molar-refractivity contribution in [1.82, 2.24) is 4.90 Å². The molecule has 6 heteroatoms. The van der Waals surface area contributed by atoms with E-state index in [2.05, 4.69) is 13.5 Å². The second-order valence-electron chi connectivity index (χ2n) is 9.29. The van der Waals surface area contributed by atoms with Crippen LogP contribution in [0.25, 0.3) is 0 Å². The molecule has 6 nitrogen and oxygen atoms in total. The molecule has 186 valence electrons. The molecule has 33 heavy (non-hydrogen) atoms. The molecule has 0 bridgehead atoms. The van der Waals surface area contributed by atoms with Crippen LogP contribution in [0.4, 0.5) is 4.79 Å². The number of ether oxygens (including phenoxy) is 3. The fourth-order valence-electron chi connectivity index (χ4n) is 3.37. The third-order valence-corrected chi connectivity index (χ3v) is 5.18. The first kappa shape index (κ1) is 28.7. The number of amides is 1. The van der Waals surface area contributed by atoms with Crippen LogP contribution in [0.1, 0.15) is 70.9 Å². The Morgan fingerprint density at radius 1 is 1.03 bits per heavy atom. The lowest BCUT2D eigenvalue weighted by molar-refractivity contribution is -0.153. The Morgan fingerprint density at radius 2 is 1.67 bits per heavy atom. The third kappa shape index (κ3) is 12.5. The Morgan fingerprint density at radius 3 is 2.24 bits per heavy atom. The summed E-state index contributed by atoms with van der Waals surface area (Å²) in [6.45, 7) is 13.1. The highest BCUT2D eigenvalue weighted by Crippen LogP contribution is 2.14. The van der Waals surface area contributed by atoms with Gasteiger partial charge in [-0.25, -0.2) is 9.59 Å². The standard InChI is InChI=1S/C27H43NO5/c1-7-9-10-11-12-18-28(26(30)33-27(3,4)5)19-17-22-13-15-23(16-14-22)21-24(25(29)31-6)32-20-8-2/h8,13-16,24H,2,7,9-12,17-21H2,1,3-6H3. The van der Waals surface area contributed by atoms with Crippen molar-refractivity contribution in [2.75, 3.05) is 26.8 Å². The number of hydrogen-bond donors (Lipinski definition) is 0. The van der Waals surface area contributed by atoms with Gasteiger partial charge in [0.1, 0.15) is 5.60 Å². The first-order valence-electron chi connectivity index (χ1n) is 12.1. The van der Waals surface area contributed by atoms with Gasteiger partial charge in [0, 0.05) is 19.5 Å². The van der Waals surface area contributed by atoms with Crippen LogP contribution in [0.15, 0.2) is 36.9 Å². The predicted octanol–water partition coefficient (Wildman–Crippen LogP) is 5.72. The van der Waals surface area contributed by atoms with Gasteiger partial charge in [0.15, 0.2) is 6.10 Å². The molecule has 1 aromatic carbocycles. The first-order valence-corrected chi connectivity index (χ1v) is 12.1. The van der Waals surface area contributed by atoms with Crippen molar-refractivity contribution >= 4 is 12.1 Å². The molecule has 0 heterocycles. The molecule has 1 unspecified atom stereocenters. The summed E-state index contributed by atoms with van der Waals surface area (Å²) in [5.41, 5.74) is 1.60. The van der Waals surface area contributed by atoms with Crippen LogP contribution in [-0.4, -0.2) is 55.5 Å². The predicted molar refractivity (Wildman–Crippen MR) is 132 cm³/mol. The number of esters is 1. The average Bonchev–Trinajstić information content (AvgIpc) is 2.77. The van der Waals surface area contributed by atoms with Gasteiger partial charge in [-0.05, 0) is 44.7 Å². The number of unbranched alkanes of at least 4 members (excludes halogenated alkanes) is 4. The minimum Gasteiger partial charge on any atom is -0.467 e. The van der Waals surface area contributed by atoms with Crippen LogP contribution in [0.2, 0.25) is 0 Å². The van der Waals surface area contributed by atoms with Gasteiger partial charge in [-0.15, -0.1) is 6.58 Å². The lowest BCUT2D eigenvalue weighted by Crippen LogP contribution is -2.38. The van der Waals surface area contributed by atoms with Crippen molar-refractivity contribution in [3.8, 4) is 0 Å². The summed E-state index contributed by atoms with van der Waals surface area (Å²) in [6.07, 6.45) is 7.60. The van der Waals surface area contributed by atoms with E-state index >= 15 is 0 Å². The Kier molecular flexibility index (Phi) is 13.5. The average molecular weight is 462 g/mol. The minimum atomic E-state index is -0.658. The van der Waals surface area contributed by atoms with Gasteiger partial charge >= 0.3 is 12.1 Å². The Balaban J connectivity index is 2.70. The van der Waals surface area contributed by atoms with Crippen molar-refractivity contribution in [3.05, 3.63) is 48.0 Å². The highest BCUT2D eigenvalue weighted by Gasteiger charge is 2.22. The van der Waals surface area contributed by atoms with Crippen molar-refractivity contribution in [1.29, 1.82) is 0 Å². The smallest absolute Gasteiger partial charge is 0.410 e. The van der Waals surface area contributed by atoms with E-state index in [1.54, 1.807) is 6.08 Å². The Bertz CT molecular complexity index is 708. The highest BCUT2D eigenvalue weighted by atomic mass is 16.6. The lowest BCUT2D eigenvalue weighted by Gasteiger charge is -2.27. The van der Waals surface area contributed by atoms with Gasteiger partial charge in [0.25, 0.3) is 0 Å². The number of carbonyl (C=O) groups is 2. The molecule has 1 atom stereocenters. The summed E-state index contributed by atoms with van der Waals surface area (Å²) in [7, 11) is 1.36. The van der Waals surface area contributed by atoms with E-state index in [1.165, 1.54) is 26.4 Å². The maximum Gasteiger partial charge on any atom is 0.410 e. The zero-order chi connectivity index (χ0) is 24.7. The van der Waals surface area contributed by atoms with Crippen molar-refractivity contribution < 1.29 is 23.8 Å². The Hall–Kier alpha value is -2.34. The van der Waals surface area contributed by atoms with Crippen LogP contribution in [0.5, 0.6) is 0 Å². The highest BCUT2D eigenvalue weighted by molar-refractivity contribution is 5.75. The summed E-state index contributed by atoms with van der Waals surface area (Å²) < 4.78 is 16.0. The summed E-state index contributed by atoms with van der Waals surface area (Å²) >= 11 is 0. The van der Waals surface area contributed by atoms with E-state index in [0.29, 0.717) is 19.5 Å². The second-order valence-corrected chi connectivity index (χ2v) is 9.29. The van der Waals surface area contributed by atoms with Crippen molar-refractivity contribution in [2.45, 2.75) is 84.3 Å². The molecule has 0 aliphatic rings. The largest absolute Gasteiger partial charge is 0.467 e. The van der Waals surface area contributed by atoms with Crippen LogP contribution in [-0.2, 0) is 31.8 Å². The summed E-state index contributed by atoms with van der Waals surface area (Å²) in [5.74, 6) is -0.395. The number of rotatable bonds is 15. The molecular formula is C27H43NO5. The van der Waals surface area contributed by atoms with E-state index in [0.717, 1.165) is 30.4 Å². The van der Waals surface area contributed by atoms with Crippen molar-refractivity contribution in [3.63, 3.8) is 0 Å². The van der Waals surface area contributed by atoms with Gasteiger partial charge in [0.2, 0.25) is 0 Å². The van der Waals surface area contributed by atoms with E-state index in [-0.39, 0.29) is 12.7 Å². The molecule has 0 spiro atoms. The van der Waals surface area contributed by atoms with Gasteiger partial charge in [-0.1, -0.05) is 62.9 Å². The number of benzene rings is 1. The minimum absolute atomic E-state index is 0.255. The SMILES string of the molecule is C=CCOC(Cc1ccc(CCN(CCCCCCC)C(=O)OC(C)(C)C)cc1)C(=O)OC. The van der Waals surface area contributed by atoms with Crippen LogP contribution >= 0.6 is 0 Å². The van der Waals surface area contributed by atoms with Crippen LogP contribution < -0.4 is 0 Å². The number of carbonyl (C=O) groups excluding carboxylic acids is 2. The molecule has 0 N–H and O–H groups in total. The van der Waals surface area contributed by atoms with Crippen LogP contribution in [0.3, 0.4) is 0 Å². The molecule has 0 fully saturated rings. The quantitative estimate of drug-likeness (QED) is 0.190. The maximum atomic E-state index is 12.7. The molecule has 0 aliphatic carbocycles. The van der Waals surface area contributed by atoms with Crippen molar-refractivity contribution in [2.24, 2.45) is 0 Å². The Labute approximate surface area is 200 Å². The molecule has 1 amide bonds. The normalized spacial score (nSPS) is 12.2. The molecule has 0 saturated heterocycles. The van der Waals surface area contributed by atoms with Gasteiger partial charge in [-0.2, -0.15) is 0 Å². The first-order chi connectivity index (χ1) is 15.7. The topological polar surface area (TPSA) is 65.1 Å². The van der Waals surface area contributed by atoms with E-state index in [4.69, 9.17) is 14.2 Å². The fourth-order valence-corrected chi connectivity index (χ4v) is 3.37. The van der Waals surface area contributed by atoms with E-state index < -0.39 is 17.7 Å².